The van der Waals surface area contributed by atoms with Crippen LogP contribution in [0.15, 0.2) is 24.4 Å². The minimum atomic E-state index is -0.833. The maximum atomic E-state index is 12.7. The Morgan fingerprint density at radius 2 is 1.97 bits per heavy atom. The van der Waals surface area contributed by atoms with Crippen LogP contribution in [0.1, 0.15) is 38.7 Å². The molecule has 1 saturated carbocycles. The molecular formula is C22H31N3O4. The summed E-state index contributed by atoms with van der Waals surface area (Å²) in [5.74, 6) is 0.252. The highest BCUT2D eigenvalue weighted by Gasteiger charge is 2.67. The molecule has 7 nitrogen and oxygen atoms in total. The minimum absolute atomic E-state index is 0.168. The molecular weight excluding hydrogens is 370 g/mol. The Balaban J connectivity index is 0.000000552. The van der Waals surface area contributed by atoms with Crippen molar-refractivity contribution < 1.29 is 19.4 Å². The third-order valence-electron chi connectivity index (χ3n) is 6.45. The van der Waals surface area contributed by atoms with Crippen LogP contribution in [0.5, 0.6) is 5.75 Å². The quantitative estimate of drug-likeness (QED) is 0.617. The number of H-pyrrole nitrogens is 1. The smallest absolute Gasteiger partial charge is 0.300 e. The lowest BCUT2D eigenvalue weighted by Crippen LogP contribution is -2.39. The lowest BCUT2D eigenvalue weighted by Gasteiger charge is -2.27. The van der Waals surface area contributed by atoms with Gasteiger partial charge in [0.05, 0.1) is 12.5 Å². The fourth-order valence-electron chi connectivity index (χ4n) is 4.58. The molecule has 2 aliphatic rings. The van der Waals surface area contributed by atoms with Crippen LogP contribution in [-0.2, 0) is 16.0 Å². The van der Waals surface area contributed by atoms with Crippen molar-refractivity contribution in [2.45, 2.75) is 39.5 Å². The van der Waals surface area contributed by atoms with E-state index in [4.69, 9.17) is 14.6 Å². The Kier molecular flexibility index (Phi) is 6.17. The van der Waals surface area contributed by atoms with Crippen molar-refractivity contribution in [2.24, 2.45) is 10.8 Å². The fourth-order valence-corrected chi connectivity index (χ4v) is 4.58. The Hall–Kier alpha value is -2.54. The number of aromatic amines is 1. The maximum Gasteiger partial charge on any atom is 0.300 e. The Labute approximate surface area is 171 Å². The number of hydrogen-bond donors (Lipinski definition) is 4. The minimum Gasteiger partial charge on any atom is -0.497 e. The van der Waals surface area contributed by atoms with Gasteiger partial charge >= 0.3 is 0 Å². The van der Waals surface area contributed by atoms with Gasteiger partial charge in [-0.05, 0) is 68.0 Å². The van der Waals surface area contributed by atoms with E-state index in [0.29, 0.717) is 6.54 Å². The highest BCUT2D eigenvalue weighted by atomic mass is 16.5. The van der Waals surface area contributed by atoms with Crippen molar-refractivity contribution in [3.8, 4) is 5.75 Å². The number of aromatic nitrogens is 1. The molecule has 1 spiro atoms. The Morgan fingerprint density at radius 1 is 1.28 bits per heavy atom. The summed E-state index contributed by atoms with van der Waals surface area (Å²) in [7, 11) is 1.68. The Bertz CT molecular complexity index is 881. The molecule has 1 aliphatic carbocycles. The highest BCUT2D eigenvalue weighted by Crippen LogP contribution is 2.68. The summed E-state index contributed by atoms with van der Waals surface area (Å²) < 4.78 is 5.32. The van der Waals surface area contributed by atoms with Gasteiger partial charge in [0, 0.05) is 30.6 Å². The van der Waals surface area contributed by atoms with Crippen LogP contribution in [0.4, 0.5) is 0 Å². The van der Waals surface area contributed by atoms with Crippen molar-refractivity contribution in [3.05, 3.63) is 30.0 Å². The lowest BCUT2D eigenvalue weighted by atomic mass is 9.85. The summed E-state index contributed by atoms with van der Waals surface area (Å²) in [4.78, 5) is 25.0. The van der Waals surface area contributed by atoms with Gasteiger partial charge in [-0.2, -0.15) is 0 Å². The molecule has 1 saturated heterocycles. The summed E-state index contributed by atoms with van der Waals surface area (Å²) in [6, 6.07) is 6.04. The fraction of sp³-hybridized carbons (Fsp3) is 0.545. The van der Waals surface area contributed by atoms with Gasteiger partial charge in [0.1, 0.15) is 5.75 Å². The molecule has 4 rings (SSSR count). The van der Waals surface area contributed by atoms with Crippen LogP contribution in [0.2, 0.25) is 0 Å². The second-order valence-corrected chi connectivity index (χ2v) is 8.29. The Morgan fingerprint density at radius 3 is 2.62 bits per heavy atom. The van der Waals surface area contributed by atoms with E-state index < -0.39 is 5.97 Å². The summed E-state index contributed by atoms with van der Waals surface area (Å²) >= 11 is 0. The molecule has 1 aromatic carbocycles. The van der Waals surface area contributed by atoms with E-state index in [1.807, 2.05) is 18.3 Å². The molecule has 1 amide bonds. The van der Waals surface area contributed by atoms with Gasteiger partial charge in [-0.25, -0.2) is 0 Å². The molecule has 158 valence electrons. The van der Waals surface area contributed by atoms with Gasteiger partial charge in [-0.3, -0.25) is 9.59 Å². The van der Waals surface area contributed by atoms with E-state index in [1.165, 1.54) is 10.9 Å². The average molecular weight is 402 g/mol. The first kappa shape index (κ1) is 21.2. The van der Waals surface area contributed by atoms with Crippen molar-refractivity contribution in [3.63, 3.8) is 0 Å². The number of carbonyl (C=O) groups is 2. The number of carboxylic acids is 1. The zero-order chi connectivity index (χ0) is 21.1. The first-order valence-electron chi connectivity index (χ1n) is 10.1. The van der Waals surface area contributed by atoms with Gasteiger partial charge in [0.2, 0.25) is 5.91 Å². The first-order valence-corrected chi connectivity index (χ1v) is 10.1. The molecule has 0 bridgehead atoms. The SMILES string of the molecule is CC(=O)O.COc1ccc2[nH]cc(CCNC(=O)C3(C)CC34CCNCC4)c2c1. The molecule has 29 heavy (non-hydrogen) atoms. The molecule has 1 atom stereocenters. The number of benzene rings is 1. The first-order chi connectivity index (χ1) is 13.8. The highest BCUT2D eigenvalue weighted by molar-refractivity contribution is 5.87. The van der Waals surface area contributed by atoms with Crippen LogP contribution in [0, 0.1) is 10.8 Å². The second kappa shape index (κ2) is 8.45. The second-order valence-electron chi connectivity index (χ2n) is 8.29. The third kappa shape index (κ3) is 4.40. The van der Waals surface area contributed by atoms with Crippen molar-refractivity contribution in [1.29, 1.82) is 0 Å². The van der Waals surface area contributed by atoms with Crippen LogP contribution in [0.3, 0.4) is 0 Å². The molecule has 1 aromatic heterocycles. The zero-order valence-corrected chi connectivity index (χ0v) is 17.4. The monoisotopic (exact) mass is 401 g/mol. The largest absolute Gasteiger partial charge is 0.497 e. The third-order valence-corrected chi connectivity index (χ3v) is 6.45. The maximum absolute atomic E-state index is 12.7. The topological polar surface area (TPSA) is 103 Å². The number of rotatable bonds is 5. The molecule has 4 N–H and O–H groups in total. The normalized spacial score (nSPS) is 21.9. The summed E-state index contributed by atoms with van der Waals surface area (Å²) in [5, 5.41) is 15.2. The van der Waals surface area contributed by atoms with Gasteiger partial charge in [-0.1, -0.05) is 6.92 Å². The van der Waals surface area contributed by atoms with Crippen LogP contribution >= 0.6 is 0 Å². The molecule has 1 unspecified atom stereocenters. The summed E-state index contributed by atoms with van der Waals surface area (Å²) in [6.07, 6.45) is 6.14. The van der Waals surface area contributed by atoms with Crippen molar-refractivity contribution in [1.82, 2.24) is 15.6 Å². The number of aliphatic carboxylic acids is 1. The summed E-state index contributed by atoms with van der Waals surface area (Å²) in [5.41, 5.74) is 2.39. The molecule has 2 aromatic rings. The zero-order valence-electron chi connectivity index (χ0n) is 17.4. The van der Waals surface area contributed by atoms with E-state index in [0.717, 1.165) is 57.0 Å². The predicted octanol–water partition coefficient (Wildman–Crippen LogP) is 2.71. The molecule has 1 aliphatic heterocycles. The van der Waals surface area contributed by atoms with Gasteiger partial charge in [-0.15, -0.1) is 0 Å². The van der Waals surface area contributed by atoms with Crippen LogP contribution in [0.25, 0.3) is 10.9 Å². The predicted molar refractivity (Wildman–Crippen MR) is 112 cm³/mol. The van der Waals surface area contributed by atoms with Crippen molar-refractivity contribution in [2.75, 3.05) is 26.7 Å². The number of ether oxygens (including phenoxy) is 1. The van der Waals surface area contributed by atoms with Gasteiger partial charge in [0.15, 0.2) is 0 Å². The average Bonchev–Trinajstić information content (AvgIpc) is 3.07. The number of amides is 1. The summed E-state index contributed by atoms with van der Waals surface area (Å²) in [6.45, 7) is 5.98. The van der Waals surface area contributed by atoms with E-state index in [-0.39, 0.29) is 16.7 Å². The van der Waals surface area contributed by atoms with E-state index in [2.05, 4.69) is 28.6 Å². The number of carboxylic acid groups (broad SMARTS) is 1. The number of methoxy groups -OCH3 is 1. The molecule has 0 radical (unpaired) electrons. The lowest BCUT2D eigenvalue weighted by molar-refractivity contribution is -0.134. The molecule has 2 fully saturated rings. The molecule has 2 heterocycles. The molecule has 7 heteroatoms. The number of piperidine rings is 1. The number of carbonyl (C=O) groups excluding carboxylic acids is 1. The van der Waals surface area contributed by atoms with Crippen LogP contribution < -0.4 is 15.4 Å². The van der Waals surface area contributed by atoms with Crippen molar-refractivity contribution >= 4 is 22.8 Å². The number of nitrogens with one attached hydrogen (secondary N) is 3. The van der Waals surface area contributed by atoms with E-state index >= 15 is 0 Å². The van der Waals surface area contributed by atoms with Crippen LogP contribution in [-0.4, -0.2) is 48.7 Å². The standard InChI is InChI=1S/C20H27N3O2.C2H4O2/c1-19(13-20(19)6-9-21-10-7-20)18(24)22-8-5-14-12-23-17-4-3-15(25-2)11-16(14)17;1-2(3)4/h3-4,11-12,21,23H,5-10,13H2,1-2H3,(H,22,24);1H3,(H,3,4). The van der Waals surface area contributed by atoms with Gasteiger partial charge in [0.25, 0.3) is 5.97 Å². The number of fused-ring (bicyclic) bond motifs is 1. The van der Waals surface area contributed by atoms with E-state index in [9.17, 15) is 4.79 Å². The van der Waals surface area contributed by atoms with E-state index in [1.54, 1.807) is 7.11 Å². The van der Waals surface area contributed by atoms with Gasteiger partial charge < -0.3 is 25.5 Å². The number of hydrogen-bond acceptors (Lipinski definition) is 4.